The lowest BCUT2D eigenvalue weighted by molar-refractivity contribution is 0.812. The van der Waals surface area contributed by atoms with Gasteiger partial charge in [0.1, 0.15) is 0 Å². The van der Waals surface area contributed by atoms with Crippen molar-refractivity contribution in [3.05, 3.63) is 265 Å². The second kappa shape index (κ2) is 20.4. The fourth-order valence-corrected chi connectivity index (χ4v) is 10.9. The van der Waals surface area contributed by atoms with Crippen molar-refractivity contribution >= 4 is 74.3 Å². The van der Waals surface area contributed by atoms with E-state index < -0.39 is 0 Å². The maximum Gasteiger partial charge on any atom is 0.247 e. The lowest BCUT2D eigenvalue weighted by atomic mass is 9.33. The highest BCUT2D eigenvalue weighted by Crippen LogP contribution is 2.43. The van der Waals surface area contributed by atoms with Crippen LogP contribution in [0.25, 0.3) is 22.3 Å². The number of anilines is 9. The summed E-state index contributed by atoms with van der Waals surface area (Å²) in [6, 6.07) is 91.3. The van der Waals surface area contributed by atoms with E-state index in [9.17, 15) is 0 Å². The Morgan fingerprint density at radius 1 is 0.315 bits per heavy atom. The van der Waals surface area contributed by atoms with Gasteiger partial charge in [-0.1, -0.05) is 205 Å². The quantitative estimate of drug-likeness (QED) is 0.107. The molecule has 1 aliphatic heterocycles. The maximum atomic E-state index is 2.53. The largest absolute Gasteiger partial charge is 0.311 e. The Morgan fingerprint density at radius 3 is 1.10 bits per heavy atom. The van der Waals surface area contributed by atoms with Crippen LogP contribution in [-0.4, -0.2) is 6.71 Å². The highest BCUT2D eigenvalue weighted by Gasteiger charge is 2.39. The summed E-state index contributed by atoms with van der Waals surface area (Å²) in [7, 11) is 0. The van der Waals surface area contributed by atoms with E-state index in [4.69, 9.17) is 0 Å². The fourth-order valence-electron chi connectivity index (χ4n) is 10.9. The Balaban J connectivity index is 1.06. The molecule has 0 saturated carbocycles. The minimum Gasteiger partial charge on any atom is -0.311 e. The molecule has 0 spiro atoms. The van der Waals surface area contributed by atoms with Crippen molar-refractivity contribution in [2.75, 3.05) is 14.7 Å². The average Bonchev–Trinajstić information content (AvgIpc) is 3.44. The van der Waals surface area contributed by atoms with Gasteiger partial charge in [-0.15, -0.1) is 0 Å². The van der Waals surface area contributed by atoms with Crippen molar-refractivity contribution in [3.8, 4) is 22.3 Å². The highest BCUT2D eigenvalue weighted by atomic mass is 15.2. The predicted molar refractivity (Wildman–Crippen MR) is 315 cm³/mol. The van der Waals surface area contributed by atoms with Crippen LogP contribution in [0.2, 0.25) is 0 Å². The molecule has 0 saturated heterocycles. The summed E-state index contributed by atoms with van der Waals surface area (Å²) in [5.41, 5.74) is 23.3. The number of para-hydroxylation sites is 5. The van der Waals surface area contributed by atoms with Gasteiger partial charge in [-0.05, 0) is 159 Å². The molecule has 10 aromatic carbocycles. The minimum atomic E-state index is -0.00368. The van der Waals surface area contributed by atoms with Gasteiger partial charge in [-0.25, -0.2) is 0 Å². The number of benzene rings is 10. The van der Waals surface area contributed by atoms with Crippen molar-refractivity contribution in [2.24, 2.45) is 0 Å². The standard InChI is InChI=1S/C69H62BN3/c1-48(2)55-44-63(49(3)4)69(64(45-55)50(5)6)70-65-42-38-54(53-34-32-51(33-35-53)52-36-39-61(40-37-52)71(56-22-12-7-13-23-56)57-24-14-8-15-25-57)46-67(65)73(60-30-20-11-21-31-60)68-47-62(41-43-66(68)70)72(58-26-16-9-17-27-58)59-28-18-10-19-29-59/h7-50H,1-6H3. The summed E-state index contributed by atoms with van der Waals surface area (Å²) in [6.07, 6.45) is 0. The molecule has 73 heavy (non-hydrogen) atoms. The number of fused-ring (bicyclic) bond motifs is 2. The summed E-state index contributed by atoms with van der Waals surface area (Å²) in [6.45, 7) is 14.2. The van der Waals surface area contributed by atoms with E-state index in [0.29, 0.717) is 17.8 Å². The third-order valence-corrected chi connectivity index (χ3v) is 14.6. The Morgan fingerprint density at radius 2 is 0.658 bits per heavy atom. The Kier molecular flexibility index (Phi) is 13.1. The van der Waals surface area contributed by atoms with Crippen LogP contribution in [0.5, 0.6) is 0 Å². The third-order valence-electron chi connectivity index (χ3n) is 14.6. The number of nitrogens with zero attached hydrogens (tertiary/aromatic N) is 3. The van der Waals surface area contributed by atoms with Crippen LogP contribution in [0.15, 0.2) is 249 Å². The molecule has 0 unspecified atom stereocenters. The van der Waals surface area contributed by atoms with E-state index in [2.05, 4.69) is 305 Å². The molecule has 0 N–H and O–H groups in total. The molecule has 4 heteroatoms. The molecule has 3 nitrogen and oxygen atoms in total. The maximum absolute atomic E-state index is 2.53. The molecular weight excluding hydrogens is 882 g/mol. The number of hydrogen-bond acceptors (Lipinski definition) is 3. The highest BCUT2D eigenvalue weighted by molar-refractivity contribution is 6.98. The zero-order chi connectivity index (χ0) is 50.0. The van der Waals surface area contributed by atoms with Gasteiger partial charge in [0.25, 0.3) is 0 Å². The summed E-state index contributed by atoms with van der Waals surface area (Å²) in [5, 5.41) is 0. The van der Waals surface area contributed by atoms with Crippen LogP contribution in [0.3, 0.4) is 0 Å². The lowest BCUT2D eigenvalue weighted by Gasteiger charge is -2.40. The van der Waals surface area contributed by atoms with Gasteiger partial charge in [-0.2, -0.15) is 0 Å². The summed E-state index contributed by atoms with van der Waals surface area (Å²) < 4.78 is 0. The summed E-state index contributed by atoms with van der Waals surface area (Å²) >= 11 is 0. The zero-order valence-corrected chi connectivity index (χ0v) is 42.8. The predicted octanol–water partition coefficient (Wildman–Crippen LogP) is 17.6. The van der Waals surface area contributed by atoms with Crippen LogP contribution in [0, 0.1) is 0 Å². The van der Waals surface area contributed by atoms with Gasteiger partial charge < -0.3 is 14.7 Å². The van der Waals surface area contributed by atoms with Crippen LogP contribution in [0.4, 0.5) is 51.2 Å². The Bertz CT molecular complexity index is 3360. The number of hydrogen-bond donors (Lipinski definition) is 0. The first-order valence-electron chi connectivity index (χ1n) is 26.0. The van der Waals surface area contributed by atoms with Gasteiger partial charge in [0.15, 0.2) is 0 Å². The van der Waals surface area contributed by atoms with E-state index in [-0.39, 0.29) is 6.71 Å². The summed E-state index contributed by atoms with van der Waals surface area (Å²) in [4.78, 5) is 7.22. The minimum absolute atomic E-state index is 0.00368. The molecule has 0 bridgehead atoms. The zero-order valence-electron chi connectivity index (χ0n) is 42.8. The van der Waals surface area contributed by atoms with E-state index in [1.807, 2.05) is 0 Å². The van der Waals surface area contributed by atoms with Gasteiger partial charge >= 0.3 is 0 Å². The van der Waals surface area contributed by atoms with Gasteiger partial charge in [0, 0.05) is 51.2 Å². The van der Waals surface area contributed by atoms with Crippen LogP contribution >= 0.6 is 0 Å². The van der Waals surface area contributed by atoms with Crippen molar-refractivity contribution < 1.29 is 0 Å². The molecule has 1 aliphatic rings. The van der Waals surface area contributed by atoms with Crippen molar-refractivity contribution in [3.63, 3.8) is 0 Å². The molecule has 0 atom stereocenters. The molecule has 0 radical (unpaired) electrons. The van der Waals surface area contributed by atoms with Crippen LogP contribution in [-0.2, 0) is 0 Å². The topological polar surface area (TPSA) is 9.72 Å². The molecule has 10 aromatic rings. The first-order chi connectivity index (χ1) is 35.7. The fraction of sp³-hybridized carbons (Fsp3) is 0.130. The molecular formula is C69H62BN3. The molecule has 0 amide bonds. The van der Waals surface area contributed by atoms with Crippen molar-refractivity contribution in [1.82, 2.24) is 0 Å². The van der Waals surface area contributed by atoms with E-state index in [1.54, 1.807) is 0 Å². The first kappa shape index (κ1) is 47.0. The number of rotatable bonds is 13. The Labute approximate surface area is 433 Å². The van der Waals surface area contributed by atoms with E-state index in [1.165, 1.54) is 66.7 Å². The average molecular weight is 944 g/mol. The molecule has 11 rings (SSSR count). The molecule has 1 heterocycles. The second-order valence-corrected chi connectivity index (χ2v) is 20.3. The SMILES string of the molecule is CC(C)c1cc(C(C)C)c(B2c3ccc(-c4ccc(-c5ccc(N(c6ccccc6)c6ccccc6)cc5)cc4)cc3N(c3ccccc3)c3cc(N(c4ccccc4)c4ccccc4)ccc32)c(C(C)C)c1. The van der Waals surface area contributed by atoms with Gasteiger partial charge in [0.2, 0.25) is 6.71 Å². The monoisotopic (exact) mass is 944 g/mol. The van der Waals surface area contributed by atoms with Crippen molar-refractivity contribution in [2.45, 2.75) is 59.3 Å². The van der Waals surface area contributed by atoms with Crippen LogP contribution < -0.4 is 31.1 Å². The molecule has 0 aliphatic carbocycles. The van der Waals surface area contributed by atoms with Gasteiger partial charge in [-0.3, -0.25) is 0 Å². The second-order valence-electron chi connectivity index (χ2n) is 20.3. The Hall–Kier alpha value is -8.34. The molecule has 356 valence electrons. The van der Waals surface area contributed by atoms with E-state index >= 15 is 0 Å². The smallest absolute Gasteiger partial charge is 0.247 e. The lowest BCUT2D eigenvalue weighted by Crippen LogP contribution is -2.59. The van der Waals surface area contributed by atoms with E-state index in [0.717, 1.165) is 39.8 Å². The summed E-state index contributed by atoms with van der Waals surface area (Å²) in [5.74, 6) is 1.08. The van der Waals surface area contributed by atoms with Crippen molar-refractivity contribution in [1.29, 1.82) is 0 Å². The first-order valence-corrected chi connectivity index (χ1v) is 26.0. The molecule has 0 aromatic heterocycles. The molecule has 0 fully saturated rings. The third kappa shape index (κ3) is 9.26. The van der Waals surface area contributed by atoms with Crippen LogP contribution in [0.1, 0.15) is 76.0 Å². The van der Waals surface area contributed by atoms with Gasteiger partial charge in [0.05, 0.1) is 0 Å². The normalized spacial score (nSPS) is 12.0.